The third-order valence-electron chi connectivity index (χ3n) is 4.06. The molecule has 0 bridgehead atoms. The Kier molecular flexibility index (Phi) is 3.20. The summed E-state index contributed by atoms with van der Waals surface area (Å²) in [6, 6.07) is 11.0. The van der Waals surface area contributed by atoms with Gasteiger partial charge in [0, 0.05) is 6.04 Å². The first kappa shape index (κ1) is 12.5. The van der Waals surface area contributed by atoms with Crippen molar-refractivity contribution < 1.29 is 4.74 Å². The van der Waals surface area contributed by atoms with Crippen LogP contribution in [0.4, 0.5) is 0 Å². The number of nitrogens with zero attached hydrogens (tertiary/aromatic N) is 1. The van der Waals surface area contributed by atoms with Crippen LogP contribution in [-0.2, 0) is 0 Å². The van der Waals surface area contributed by atoms with Crippen LogP contribution in [0.5, 0.6) is 5.75 Å². The van der Waals surface area contributed by atoms with Gasteiger partial charge in [-0.15, -0.1) is 0 Å². The lowest BCUT2D eigenvalue weighted by Crippen LogP contribution is -2.52. The van der Waals surface area contributed by atoms with Crippen LogP contribution in [0.1, 0.15) is 31.2 Å². The van der Waals surface area contributed by atoms with Crippen molar-refractivity contribution in [3.05, 3.63) is 29.8 Å². The summed E-state index contributed by atoms with van der Waals surface area (Å²) in [5, 5.41) is 13.1. The number of hydrogen-bond donors (Lipinski definition) is 1. The van der Waals surface area contributed by atoms with E-state index >= 15 is 0 Å². The molecule has 1 N–H and O–H groups in total. The van der Waals surface area contributed by atoms with Crippen molar-refractivity contribution >= 4 is 0 Å². The maximum atomic E-state index is 9.62. The Labute approximate surface area is 114 Å². The van der Waals surface area contributed by atoms with Gasteiger partial charge in [0.05, 0.1) is 6.07 Å². The average Bonchev–Trinajstić information content (AvgIpc) is 3.28. The Morgan fingerprint density at radius 2 is 2.05 bits per heavy atom. The quantitative estimate of drug-likeness (QED) is 0.851. The van der Waals surface area contributed by atoms with Gasteiger partial charge in [0.2, 0.25) is 0 Å². The number of benzene rings is 1. The zero-order chi connectivity index (χ0) is 13.3. The molecule has 0 amide bonds. The molecule has 0 heterocycles. The van der Waals surface area contributed by atoms with Crippen molar-refractivity contribution in [2.45, 2.75) is 44.2 Å². The SMILES string of the molecule is Cc1ccccc1OCC(C#N)(NC1CC1)C1CC1. The average molecular weight is 256 g/mol. The zero-order valence-electron chi connectivity index (χ0n) is 11.4. The second-order valence-electron chi connectivity index (χ2n) is 5.83. The summed E-state index contributed by atoms with van der Waals surface area (Å²) < 4.78 is 5.94. The molecule has 0 saturated heterocycles. The van der Waals surface area contributed by atoms with Crippen molar-refractivity contribution in [1.29, 1.82) is 5.26 Å². The van der Waals surface area contributed by atoms with Gasteiger partial charge in [-0.05, 0) is 50.2 Å². The van der Waals surface area contributed by atoms with Crippen LogP contribution in [0.25, 0.3) is 0 Å². The van der Waals surface area contributed by atoms with Crippen molar-refractivity contribution in [1.82, 2.24) is 5.32 Å². The molecule has 1 atom stereocenters. The molecule has 2 fully saturated rings. The van der Waals surface area contributed by atoms with Crippen molar-refractivity contribution in [2.24, 2.45) is 5.92 Å². The molecular formula is C16H20N2O. The number of hydrogen-bond acceptors (Lipinski definition) is 3. The van der Waals surface area contributed by atoms with Gasteiger partial charge in [-0.3, -0.25) is 5.32 Å². The van der Waals surface area contributed by atoms with Gasteiger partial charge >= 0.3 is 0 Å². The topological polar surface area (TPSA) is 45.0 Å². The number of nitriles is 1. The summed E-state index contributed by atoms with van der Waals surface area (Å²) in [6.45, 7) is 2.49. The number of ether oxygens (including phenoxy) is 1. The third kappa shape index (κ3) is 2.74. The first-order valence-electron chi connectivity index (χ1n) is 7.11. The lowest BCUT2D eigenvalue weighted by atomic mass is 9.96. The van der Waals surface area contributed by atoms with E-state index in [1.807, 2.05) is 31.2 Å². The normalized spacial score (nSPS) is 21.5. The van der Waals surface area contributed by atoms with E-state index in [0.29, 0.717) is 18.6 Å². The highest BCUT2D eigenvalue weighted by Gasteiger charge is 2.49. The lowest BCUT2D eigenvalue weighted by molar-refractivity contribution is 0.199. The molecule has 1 aromatic rings. The summed E-state index contributed by atoms with van der Waals surface area (Å²) in [6.07, 6.45) is 4.68. The highest BCUT2D eigenvalue weighted by atomic mass is 16.5. The van der Waals surface area contributed by atoms with E-state index in [4.69, 9.17) is 4.74 Å². The predicted octanol–water partition coefficient (Wildman–Crippen LogP) is 2.80. The van der Waals surface area contributed by atoms with E-state index in [-0.39, 0.29) is 0 Å². The first-order chi connectivity index (χ1) is 9.23. The second-order valence-corrected chi connectivity index (χ2v) is 5.83. The number of nitrogens with one attached hydrogen (secondary N) is 1. The van der Waals surface area contributed by atoms with Gasteiger partial charge in [-0.2, -0.15) is 5.26 Å². The van der Waals surface area contributed by atoms with E-state index < -0.39 is 5.54 Å². The Morgan fingerprint density at radius 3 is 2.63 bits per heavy atom. The van der Waals surface area contributed by atoms with Crippen LogP contribution in [-0.4, -0.2) is 18.2 Å². The zero-order valence-corrected chi connectivity index (χ0v) is 11.4. The molecule has 3 rings (SSSR count). The Hall–Kier alpha value is -1.53. The summed E-state index contributed by atoms with van der Waals surface area (Å²) in [5.41, 5.74) is 0.639. The molecule has 1 unspecified atom stereocenters. The Morgan fingerprint density at radius 1 is 1.32 bits per heavy atom. The van der Waals surface area contributed by atoms with Gasteiger partial charge in [-0.1, -0.05) is 18.2 Å². The predicted molar refractivity (Wildman–Crippen MR) is 73.9 cm³/mol. The third-order valence-corrected chi connectivity index (χ3v) is 4.06. The summed E-state index contributed by atoms with van der Waals surface area (Å²) >= 11 is 0. The van der Waals surface area contributed by atoms with Crippen LogP contribution < -0.4 is 10.1 Å². The molecule has 19 heavy (non-hydrogen) atoms. The smallest absolute Gasteiger partial charge is 0.144 e. The highest BCUT2D eigenvalue weighted by Crippen LogP contribution is 2.41. The van der Waals surface area contributed by atoms with Gasteiger partial charge in [0.25, 0.3) is 0 Å². The van der Waals surface area contributed by atoms with E-state index in [1.54, 1.807) is 0 Å². The largest absolute Gasteiger partial charge is 0.490 e. The van der Waals surface area contributed by atoms with Crippen LogP contribution in [0.2, 0.25) is 0 Å². The lowest BCUT2D eigenvalue weighted by Gasteiger charge is -2.28. The highest BCUT2D eigenvalue weighted by molar-refractivity contribution is 5.32. The van der Waals surface area contributed by atoms with Gasteiger partial charge < -0.3 is 4.74 Å². The standard InChI is InChI=1S/C16H20N2O/c1-12-4-2-3-5-15(12)19-11-16(10-17,13-6-7-13)18-14-8-9-14/h2-5,13-14,18H,6-9,11H2,1H3. The molecule has 0 spiro atoms. The fraction of sp³-hybridized carbons (Fsp3) is 0.562. The van der Waals surface area contributed by atoms with Gasteiger partial charge in [0.1, 0.15) is 17.9 Å². The van der Waals surface area contributed by atoms with Crippen molar-refractivity contribution in [3.8, 4) is 11.8 Å². The van der Waals surface area contributed by atoms with Crippen LogP contribution in [0, 0.1) is 24.2 Å². The van der Waals surface area contributed by atoms with Crippen LogP contribution >= 0.6 is 0 Å². The first-order valence-corrected chi connectivity index (χ1v) is 7.11. The summed E-state index contributed by atoms with van der Waals surface area (Å²) in [4.78, 5) is 0. The Bertz CT molecular complexity index is 500. The molecule has 1 aromatic carbocycles. The summed E-state index contributed by atoms with van der Waals surface area (Å²) in [7, 11) is 0. The molecule has 3 heteroatoms. The number of para-hydroxylation sites is 1. The molecule has 2 aliphatic rings. The molecule has 0 aromatic heterocycles. The molecular weight excluding hydrogens is 236 g/mol. The fourth-order valence-corrected chi connectivity index (χ4v) is 2.51. The fourth-order valence-electron chi connectivity index (χ4n) is 2.51. The molecule has 0 radical (unpaired) electrons. The van der Waals surface area contributed by atoms with E-state index in [1.165, 1.54) is 12.8 Å². The van der Waals surface area contributed by atoms with Crippen LogP contribution in [0.15, 0.2) is 24.3 Å². The Balaban J connectivity index is 1.71. The number of aryl methyl sites for hydroxylation is 1. The minimum absolute atomic E-state index is 0.454. The van der Waals surface area contributed by atoms with E-state index in [0.717, 1.165) is 24.2 Å². The molecule has 0 aliphatic heterocycles. The molecule has 2 aliphatic carbocycles. The van der Waals surface area contributed by atoms with Gasteiger partial charge in [-0.25, -0.2) is 0 Å². The maximum absolute atomic E-state index is 9.62. The molecule has 3 nitrogen and oxygen atoms in total. The maximum Gasteiger partial charge on any atom is 0.144 e. The van der Waals surface area contributed by atoms with E-state index in [2.05, 4.69) is 11.4 Å². The number of rotatable bonds is 6. The van der Waals surface area contributed by atoms with Gasteiger partial charge in [0.15, 0.2) is 0 Å². The molecule has 100 valence electrons. The van der Waals surface area contributed by atoms with Crippen molar-refractivity contribution in [2.75, 3.05) is 6.61 Å². The second kappa shape index (κ2) is 4.86. The van der Waals surface area contributed by atoms with E-state index in [9.17, 15) is 5.26 Å². The van der Waals surface area contributed by atoms with Crippen molar-refractivity contribution in [3.63, 3.8) is 0 Å². The minimum atomic E-state index is -0.483. The van der Waals surface area contributed by atoms with Crippen LogP contribution in [0.3, 0.4) is 0 Å². The monoisotopic (exact) mass is 256 g/mol. The summed E-state index contributed by atoms with van der Waals surface area (Å²) in [5.74, 6) is 1.35. The molecule has 2 saturated carbocycles. The minimum Gasteiger partial charge on any atom is -0.490 e.